The average molecular weight is 380 g/mol. The zero-order valence-corrected chi connectivity index (χ0v) is 16.0. The summed E-state index contributed by atoms with van der Waals surface area (Å²) in [4.78, 5) is 0. The van der Waals surface area contributed by atoms with Gasteiger partial charge in [-0.2, -0.15) is 0 Å². The number of nitrogens with one attached hydrogen (secondary N) is 2. The van der Waals surface area contributed by atoms with E-state index in [1.807, 2.05) is 25.1 Å². The monoisotopic (exact) mass is 380 g/mol. The number of hydrogen-bond acceptors (Lipinski definition) is 7. The van der Waals surface area contributed by atoms with Crippen molar-refractivity contribution < 1.29 is 17.9 Å². The molecule has 2 aromatic rings. The second-order valence-corrected chi connectivity index (χ2v) is 7.46. The fraction of sp³-hybridized carbons (Fsp3) is 0.412. The highest BCUT2D eigenvalue weighted by Crippen LogP contribution is 2.27. The highest BCUT2D eigenvalue weighted by Gasteiger charge is 2.11. The highest BCUT2D eigenvalue weighted by atomic mass is 32.2. The molecule has 1 aromatic carbocycles. The number of aromatic nitrogens is 2. The van der Waals surface area contributed by atoms with Gasteiger partial charge in [-0.1, -0.05) is 19.4 Å². The van der Waals surface area contributed by atoms with E-state index in [-0.39, 0.29) is 11.6 Å². The van der Waals surface area contributed by atoms with Crippen molar-refractivity contribution in [1.29, 1.82) is 0 Å². The summed E-state index contributed by atoms with van der Waals surface area (Å²) < 4.78 is 36.6. The second-order valence-electron chi connectivity index (χ2n) is 5.62. The predicted octanol–water partition coefficient (Wildman–Crippen LogP) is 2.65. The van der Waals surface area contributed by atoms with E-state index in [2.05, 4.69) is 20.2 Å². The van der Waals surface area contributed by atoms with Gasteiger partial charge in [0.05, 0.1) is 20.0 Å². The Bertz CT molecular complexity index is 810. The van der Waals surface area contributed by atoms with E-state index >= 15 is 0 Å². The molecule has 26 heavy (non-hydrogen) atoms. The maximum absolute atomic E-state index is 11.9. The van der Waals surface area contributed by atoms with Gasteiger partial charge in [-0.15, -0.1) is 10.2 Å². The lowest BCUT2D eigenvalue weighted by molar-refractivity contribution is 0.354. The fourth-order valence-corrected chi connectivity index (χ4v) is 3.41. The predicted molar refractivity (Wildman–Crippen MR) is 101 cm³/mol. The van der Waals surface area contributed by atoms with E-state index in [9.17, 15) is 8.42 Å². The number of nitrogens with zero attached hydrogens (tertiary/aromatic N) is 2. The average Bonchev–Trinajstić information content (AvgIpc) is 2.65. The summed E-state index contributed by atoms with van der Waals surface area (Å²) >= 11 is 0. The van der Waals surface area contributed by atoms with Crippen LogP contribution in [-0.2, 0) is 16.6 Å². The van der Waals surface area contributed by atoms with Crippen LogP contribution in [0.5, 0.6) is 11.5 Å². The van der Waals surface area contributed by atoms with Gasteiger partial charge in [0.25, 0.3) is 0 Å². The molecule has 0 radical (unpaired) electrons. The summed E-state index contributed by atoms with van der Waals surface area (Å²) in [6.07, 6.45) is 1.42. The minimum Gasteiger partial charge on any atom is -0.493 e. The quantitative estimate of drug-likeness (QED) is 0.653. The number of anilines is 2. The molecule has 0 fully saturated rings. The molecule has 0 bridgehead atoms. The molecule has 2 N–H and O–H groups in total. The molecule has 0 aliphatic heterocycles. The van der Waals surface area contributed by atoms with Gasteiger partial charge in [0.1, 0.15) is 5.82 Å². The molecule has 0 saturated carbocycles. The first-order valence-electron chi connectivity index (χ1n) is 8.26. The third-order valence-electron chi connectivity index (χ3n) is 3.61. The van der Waals surface area contributed by atoms with E-state index in [4.69, 9.17) is 9.47 Å². The molecule has 9 heteroatoms. The number of ether oxygens (including phenoxy) is 2. The summed E-state index contributed by atoms with van der Waals surface area (Å²) in [5.41, 5.74) is 0.980. The molecule has 0 unspecified atom stereocenters. The van der Waals surface area contributed by atoms with Gasteiger partial charge in [-0.05, 0) is 36.2 Å². The van der Waals surface area contributed by atoms with Gasteiger partial charge in [-0.3, -0.25) is 4.72 Å². The zero-order valence-electron chi connectivity index (χ0n) is 15.2. The Balaban J connectivity index is 1.95. The maximum atomic E-state index is 11.9. The van der Waals surface area contributed by atoms with E-state index in [1.54, 1.807) is 26.4 Å². The van der Waals surface area contributed by atoms with Gasteiger partial charge >= 0.3 is 0 Å². The van der Waals surface area contributed by atoms with Crippen LogP contribution in [0.4, 0.5) is 11.6 Å². The standard InChI is InChI=1S/C17H24N4O4S/c1-4-5-10-26(22,23)21-17-9-8-16(19-20-17)18-12-13-6-7-14(24-2)15(11-13)25-3/h6-9,11H,4-5,10,12H2,1-3H3,(H,18,19)(H,20,21). The van der Waals surface area contributed by atoms with E-state index in [0.717, 1.165) is 12.0 Å². The second kappa shape index (κ2) is 9.23. The fourth-order valence-electron chi connectivity index (χ4n) is 2.21. The lowest BCUT2D eigenvalue weighted by Gasteiger charge is -2.11. The molecule has 0 aliphatic rings. The number of hydrogen-bond donors (Lipinski definition) is 2. The summed E-state index contributed by atoms with van der Waals surface area (Å²) in [6.45, 7) is 2.45. The van der Waals surface area contributed by atoms with Crippen LogP contribution in [0, 0.1) is 0 Å². The van der Waals surface area contributed by atoms with Crippen molar-refractivity contribution in [3.05, 3.63) is 35.9 Å². The van der Waals surface area contributed by atoms with Crippen molar-refractivity contribution in [3.63, 3.8) is 0 Å². The summed E-state index contributed by atoms with van der Waals surface area (Å²) in [5.74, 6) is 2.13. The van der Waals surface area contributed by atoms with Gasteiger partial charge in [0.15, 0.2) is 17.3 Å². The first kappa shape index (κ1) is 19.8. The molecular weight excluding hydrogens is 356 g/mol. The molecule has 8 nitrogen and oxygen atoms in total. The number of unbranched alkanes of at least 4 members (excludes halogenated alkanes) is 1. The van der Waals surface area contributed by atoms with Gasteiger partial charge in [0, 0.05) is 6.54 Å². The Morgan fingerprint density at radius 3 is 2.31 bits per heavy atom. The molecule has 0 spiro atoms. The van der Waals surface area contributed by atoms with E-state index in [0.29, 0.717) is 30.3 Å². The number of sulfonamides is 1. The van der Waals surface area contributed by atoms with Crippen LogP contribution in [0.15, 0.2) is 30.3 Å². The summed E-state index contributed by atoms with van der Waals surface area (Å²) in [5, 5.41) is 11.0. The third-order valence-corrected chi connectivity index (χ3v) is 4.96. The summed E-state index contributed by atoms with van der Waals surface area (Å²) in [7, 11) is -0.207. The lowest BCUT2D eigenvalue weighted by atomic mass is 10.2. The Kier molecular flexibility index (Phi) is 7.02. The lowest BCUT2D eigenvalue weighted by Crippen LogP contribution is -2.17. The third kappa shape index (κ3) is 5.76. The van der Waals surface area contributed by atoms with Crippen LogP contribution < -0.4 is 19.5 Å². The van der Waals surface area contributed by atoms with E-state index in [1.165, 1.54) is 0 Å². The van der Waals surface area contributed by atoms with Crippen LogP contribution in [-0.4, -0.2) is 38.6 Å². The van der Waals surface area contributed by atoms with Gasteiger partial charge < -0.3 is 14.8 Å². The molecule has 1 heterocycles. The molecule has 0 saturated heterocycles. The minimum absolute atomic E-state index is 0.0739. The first-order valence-corrected chi connectivity index (χ1v) is 9.91. The van der Waals surface area contributed by atoms with Crippen LogP contribution in [0.2, 0.25) is 0 Å². The van der Waals surface area contributed by atoms with Crippen molar-refractivity contribution in [2.45, 2.75) is 26.3 Å². The first-order chi connectivity index (χ1) is 12.5. The molecule has 1 aromatic heterocycles. The normalized spacial score (nSPS) is 11.0. The Morgan fingerprint density at radius 1 is 1.00 bits per heavy atom. The molecular formula is C17H24N4O4S. The zero-order chi connectivity index (χ0) is 19.0. The number of rotatable bonds is 10. The topological polar surface area (TPSA) is 102 Å². The van der Waals surface area contributed by atoms with Crippen molar-refractivity contribution in [2.24, 2.45) is 0 Å². The van der Waals surface area contributed by atoms with Crippen molar-refractivity contribution in [2.75, 3.05) is 30.0 Å². The Labute approximate surface area is 154 Å². The smallest absolute Gasteiger partial charge is 0.233 e. The molecule has 0 atom stereocenters. The Morgan fingerprint density at radius 2 is 1.69 bits per heavy atom. The number of benzene rings is 1. The highest BCUT2D eigenvalue weighted by molar-refractivity contribution is 7.92. The van der Waals surface area contributed by atoms with Gasteiger partial charge in [0.2, 0.25) is 10.0 Å². The molecule has 0 aliphatic carbocycles. The van der Waals surface area contributed by atoms with Crippen LogP contribution >= 0.6 is 0 Å². The van der Waals surface area contributed by atoms with Crippen LogP contribution in [0.25, 0.3) is 0 Å². The maximum Gasteiger partial charge on any atom is 0.233 e. The largest absolute Gasteiger partial charge is 0.493 e. The van der Waals surface area contributed by atoms with Crippen molar-refractivity contribution >= 4 is 21.7 Å². The molecule has 0 amide bonds. The summed E-state index contributed by atoms with van der Waals surface area (Å²) in [6, 6.07) is 8.86. The van der Waals surface area contributed by atoms with Crippen molar-refractivity contribution in [1.82, 2.24) is 10.2 Å². The number of methoxy groups -OCH3 is 2. The van der Waals surface area contributed by atoms with Crippen LogP contribution in [0.1, 0.15) is 25.3 Å². The van der Waals surface area contributed by atoms with E-state index < -0.39 is 10.0 Å². The van der Waals surface area contributed by atoms with Crippen molar-refractivity contribution in [3.8, 4) is 11.5 Å². The Hall–Kier alpha value is -2.55. The molecule has 142 valence electrons. The SMILES string of the molecule is CCCCS(=O)(=O)Nc1ccc(NCc2ccc(OC)c(OC)c2)nn1. The van der Waals surface area contributed by atoms with Crippen LogP contribution in [0.3, 0.4) is 0 Å². The van der Waals surface area contributed by atoms with Gasteiger partial charge in [-0.25, -0.2) is 8.42 Å². The minimum atomic E-state index is -3.38. The molecule has 2 rings (SSSR count).